The van der Waals surface area contributed by atoms with Crippen LogP contribution in [0.2, 0.25) is 0 Å². The zero-order chi connectivity index (χ0) is 12.1. The highest BCUT2D eigenvalue weighted by Crippen LogP contribution is 2.38. The van der Waals surface area contributed by atoms with E-state index in [1.54, 1.807) is 11.8 Å². The quantitative estimate of drug-likeness (QED) is 0.766. The summed E-state index contributed by atoms with van der Waals surface area (Å²) in [6, 6.07) is 12.4. The molecule has 0 spiro atoms. The molecule has 1 aliphatic carbocycles. The van der Waals surface area contributed by atoms with E-state index in [1.807, 2.05) is 30.3 Å². The monoisotopic (exact) mass is 245 g/mol. The number of thioether (sulfide) groups is 1. The number of nitrogens with zero attached hydrogens (tertiary/aromatic N) is 1. The first-order valence-electron chi connectivity index (χ1n) is 5.85. The van der Waals surface area contributed by atoms with Gasteiger partial charge in [0.05, 0.1) is 11.5 Å². The topological polar surface area (TPSA) is 40.9 Å². The summed E-state index contributed by atoms with van der Waals surface area (Å²) in [7, 11) is 0. The minimum absolute atomic E-state index is 0.242. The molecule has 2 rings (SSSR count). The van der Waals surface area contributed by atoms with Crippen molar-refractivity contribution in [2.24, 2.45) is 5.41 Å². The third-order valence-corrected chi connectivity index (χ3v) is 4.44. The average Bonchev–Trinajstić information content (AvgIpc) is 2.38. The van der Waals surface area contributed by atoms with Crippen LogP contribution in [0.3, 0.4) is 0 Å². The average molecular weight is 245 g/mol. The summed E-state index contributed by atoms with van der Waals surface area (Å²) < 4.78 is 0. The first-order valence-corrected chi connectivity index (χ1v) is 6.83. The Kier molecular flexibility index (Phi) is 3.86. The second-order valence-electron chi connectivity index (χ2n) is 4.56. The molecular weight excluding hydrogens is 230 g/mol. The number of benzene rings is 1. The molecule has 17 heavy (non-hydrogen) atoms. The van der Waals surface area contributed by atoms with Gasteiger partial charge in [0.2, 0.25) is 0 Å². The first kappa shape index (κ1) is 12.2. The highest BCUT2D eigenvalue weighted by Gasteiger charge is 2.35. The van der Waals surface area contributed by atoms with E-state index in [2.05, 4.69) is 6.07 Å². The van der Waals surface area contributed by atoms with Crippen molar-refractivity contribution in [1.29, 1.82) is 5.26 Å². The standard InChI is InChI=1S/C14H15NOS/c15-10-14(8-4-5-12(16)9-14)11-17-13-6-2-1-3-7-13/h1-3,6-7H,4-5,8-9,11H2/t14-/m0/s1. The number of ketones is 1. The molecule has 0 aromatic heterocycles. The SMILES string of the molecule is N#C[C@]1(CSc2ccccc2)CCCC(=O)C1. The maximum Gasteiger partial charge on any atom is 0.134 e. The molecule has 0 radical (unpaired) electrons. The van der Waals surface area contributed by atoms with Crippen LogP contribution in [0.1, 0.15) is 25.7 Å². The summed E-state index contributed by atoms with van der Waals surface area (Å²) in [5.41, 5.74) is -0.435. The molecule has 1 atom stereocenters. The molecular formula is C14H15NOS. The Morgan fingerprint density at radius 1 is 1.35 bits per heavy atom. The highest BCUT2D eigenvalue weighted by atomic mass is 32.2. The Balaban J connectivity index is 2.01. The van der Waals surface area contributed by atoms with Gasteiger partial charge in [0.1, 0.15) is 5.78 Å². The Morgan fingerprint density at radius 3 is 2.76 bits per heavy atom. The van der Waals surface area contributed by atoms with Crippen molar-refractivity contribution in [3.63, 3.8) is 0 Å². The molecule has 0 aliphatic heterocycles. The molecule has 1 aromatic carbocycles. The number of Topliss-reactive ketones (excluding diaryl/α,β-unsaturated/α-hetero) is 1. The Labute approximate surface area is 106 Å². The van der Waals surface area contributed by atoms with E-state index in [0.29, 0.717) is 12.8 Å². The number of hydrogen-bond donors (Lipinski definition) is 0. The predicted molar refractivity (Wildman–Crippen MR) is 68.7 cm³/mol. The van der Waals surface area contributed by atoms with Gasteiger partial charge in [0.25, 0.3) is 0 Å². The number of nitriles is 1. The first-order chi connectivity index (χ1) is 8.24. The smallest absolute Gasteiger partial charge is 0.134 e. The van der Waals surface area contributed by atoms with E-state index in [0.717, 1.165) is 18.6 Å². The van der Waals surface area contributed by atoms with Crippen molar-refractivity contribution in [1.82, 2.24) is 0 Å². The summed E-state index contributed by atoms with van der Waals surface area (Å²) in [6.07, 6.45) is 2.81. The zero-order valence-electron chi connectivity index (χ0n) is 9.69. The maximum absolute atomic E-state index is 11.5. The zero-order valence-corrected chi connectivity index (χ0v) is 10.5. The van der Waals surface area contributed by atoms with Crippen LogP contribution in [0.4, 0.5) is 0 Å². The van der Waals surface area contributed by atoms with Crippen molar-refractivity contribution >= 4 is 17.5 Å². The van der Waals surface area contributed by atoms with E-state index in [9.17, 15) is 10.1 Å². The number of rotatable bonds is 3. The Bertz CT molecular complexity index is 437. The lowest BCUT2D eigenvalue weighted by atomic mass is 9.76. The summed E-state index contributed by atoms with van der Waals surface area (Å²) in [6.45, 7) is 0. The molecule has 1 saturated carbocycles. The minimum atomic E-state index is -0.435. The third-order valence-electron chi connectivity index (χ3n) is 3.14. The Hall–Kier alpha value is -1.27. The lowest BCUT2D eigenvalue weighted by Gasteiger charge is -2.29. The van der Waals surface area contributed by atoms with Crippen LogP contribution in [0, 0.1) is 16.7 Å². The van der Waals surface area contributed by atoms with Crippen LogP contribution in [0.5, 0.6) is 0 Å². The maximum atomic E-state index is 11.5. The highest BCUT2D eigenvalue weighted by molar-refractivity contribution is 7.99. The van der Waals surface area contributed by atoms with E-state index in [4.69, 9.17) is 0 Å². The second kappa shape index (κ2) is 5.37. The fourth-order valence-electron chi connectivity index (χ4n) is 2.17. The number of carbonyl (C=O) groups excluding carboxylic acids is 1. The molecule has 1 aromatic rings. The molecule has 0 unspecified atom stereocenters. The molecule has 3 heteroatoms. The van der Waals surface area contributed by atoms with E-state index in [1.165, 1.54) is 4.90 Å². The van der Waals surface area contributed by atoms with Gasteiger partial charge in [-0.3, -0.25) is 4.79 Å². The van der Waals surface area contributed by atoms with Crippen LogP contribution in [-0.2, 0) is 4.79 Å². The molecule has 0 amide bonds. The summed E-state index contributed by atoms with van der Waals surface area (Å²) >= 11 is 1.68. The Morgan fingerprint density at radius 2 is 2.12 bits per heavy atom. The van der Waals surface area contributed by atoms with Gasteiger partial charge in [0, 0.05) is 23.5 Å². The molecule has 0 N–H and O–H groups in total. The van der Waals surface area contributed by atoms with Gasteiger partial charge >= 0.3 is 0 Å². The summed E-state index contributed by atoms with van der Waals surface area (Å²) in [4.78, 5) is 12.7. The van der Waals surface area contributed by atoms with Gasteiger partial charge < -0.3 is 0 Å². The number of hydrogen-bond acceptors (Lipinski definition) is 3. The summed E-state index contributed by atoms with van der Waals surface area (Å²) in [5.74, 6) is 0.964. The molecule has 1 fully saturated rings. The normalized spacial score (nSPS) is 24.3. The predicted octanol–water partition coefficient (Wildman–Crippen LogP) is 3.43. The van der Waals surface area contributed by atoms with E-state index < -0.39 is 5.41 Å². The molecule has 88 valence electrons. The van der Waals surface area contributed by atoms with Gasteiger partial charge in [-0.2, -0.15) is 5.26 Å². The van der Waals surface area contributed by atoms with E-state index in [-0.39, 0.29) is 5.78 Å². The lowest BCUT2D eigenvalue weighted by molar-refractivity contribution is -0.122. The van der Waals surface area contributed by atoms with Gasteiger partial charge in [-0.05, 0) is 25.0 Å². The van der Waals surface area contributed by atoms with Gasteiger partial charge in [-0.25, -0.2) is 0 Å². The summed E-state index contributed by atoms with van der Waals surface area (Å²) in [5, 5.41) is 9.32. The molecule has 0 heterocycles. The molecule has 2 nitrogen and oxygen atoms in total. The largest absolute Gasteiger partial charge is 0.300 e. The van der Waals surface area contributed by atoms with Crippen molar-refractivity contribution in [2.45, 2.75) is 30.6 Å². The van der Waals surface area contributed by atoms with Crippen molar-refractivity contribution in [3.8, 4) is 6.07 Å². The number of carbonyl (C=O) groups is 1. The van der Waals surface area contributed by atoms with Crippen molar-refractivity contribution in [3.05, 3.63) is 30.3 Å². The lowest BCUT2D eigenvalue weighted by Crippen LogP contribution is -2.29. The van der Waals surface area contributed by atoms with Gasteiger partial charge in [-0.1, -0.05) is 18.2 Å². The molecule has 0 bridgehead atoms. The van der Waals surface area contributed by atoms with Gasteiger partial charge in [0.15, 0.2) is 0 Å². The van der Waals surface area contributed by atoms with Crippen LogP contribution >= 0.6 is 11.8 Å². The second-order valence-corrected chi connectivity index (χ2v) is 5.61. The molecule has 1 aliphatic rings. The van der Waals surface area contributed by atoms with Gasteiger partial charge in [-0.15, -0.1) is 11.8 Å². The fourth-order valence-corrected chi connectivity index (χ4v) is 3.27. The third kappa shape index (κ3) is 3.10. The van der Waals surface area contributed by atoms with Crippen LogP contribution in [0.25, 0.3) is 0 Å². The van der Waals surface area contributed by atoms with Crippen LogP contribution in [-0.4, -0.2) is 11.5 Å². The molecule has 0 saturated heterocycles. The van der Waals surface area contributed by atoms with Crippen molar-refractivity contribution < 1.29 is 4.79 Å². The van der Waals surface area contributed by atoms with Crippen LogP contribution in [0.15, 0.2) is 35.2 Å². The fraction of sp³-hybridized carbons (Fsp3) is 0.429. The van der Waals surface area contributed by atoms with E-state index >= 15 is 0 Å². The van der Waals surface area contributed by atoms with Crippen molar-refractivity contribution in [2.75, 3.05) is 5.75 Å². The minimum Gasteiger partial charge on any atom is -0.300 e. The van der Waals surface area contributed by atoms with Crippen LogP contribution < -0.4 is 0 Å².